The van der Waals surface area contributed by atoms with Crippen LogP contribution in [0.3, 0.4) is 0 Å². The fourth-order valence-corrected chi connectivity index (χ4v) is 1.88. The quantitative estimate of drug-likeness (QED) is 0.574. The van der Waals surface area contributed by atoms with E-state index in [1.807, 2.05) is 0 Å². The van der Waals surface area contributed by atoms with Gasteiger partial charge in [0.1, 0.15) is 0 Å². The molecule has 0 nitrogen and oxygen atoms in total. The van der Waals surface area contributed by atoms with Crippen molar-refractivity contribution in [2.45, 2.75) is 46.5 Å². The topological polar surface area (TPSA) is 0 Å². The van der Waals surface area contributed by atoms with Crippen molar-refractivity contribution in [1.82, 2.24) is 0 Å². The number of benzene rings is 1. The maximum Gasteiger partial charge on any atom is -0.0250 e. The van der Waals surface area contributed by atoms with Gasteiger partial charge in [-0.05, 0) is 36.3 Å². The molecule has 0 unspecified atom stereocenters. The van der Waals surface area contributed by atoms with E-state index in [1.165, 1.54) is 25.7 Å². The predicted molar refractivity (Wildman–Crippen MR) is 63.6 cm³/mol. The van der Waals surface area contributed by atoms with Gasteiger partial charge < -0.3 is 0 Å². The Hall–Kier alpha value is -0.780. The summed E-state index contributed by atoms with van der Waals surface area (Å²) >= 11 is 0. The van der Waals surface area contributed by atoms with Gasteiger partial charge in [-0.3, -0.25) is 0 Å². The van der Waals surface area contributed by atoms with Gasteiger partial charge in [0, 0.05) is 0 Å². The highest BCUT2D eigenvalue weighted by Crippen LogP contribution is 2.24. The zero-order valence-electron chi connectivity index (χ0n) is 9.72. The number of fused-ring (bicyclic) bond motifs is 1. The van der Waals surface area contributed by atoms with Gasteiger partial charge in [0.2, 0.25) is 0 Å². The molecule has 2 rings (SSSR count). The third kappa shape index (κ3) is 3.17. The molecule has 1 aromatic rings. The first-order valence-electron chi connectivity index (χ1n) is 5.84. The molecule has 14 heavy (non-hydrogen) atoms. The molecule has 0 aromatic heterocycles. The molecule has 1 atom stereocenters. The minimum Gasteiger partial charge on any atom is -0.0656 e. The van der Waals surface area contributed by atoms with E-state index in [0.29, 0.717) is 0 Å². The molecule has 0 saturated heterocycles. The zero-order chi connectivity index (χ0) is 10.4. The van der Waals surface area contributed by atoms with Crippen molar-refractivity contribution >= 4 is 0 Å². The van der Waals surface area contributed by atoms with Gasteiger partial charge in [-0.25, -0.2) is 0 Å². The molecule has 1 aliphatic carbocycles. The predicted octanol–water partition coefficient (Wildman–Crippen LogP) is 4.23. The summed E-state index contributed by atoms with van der Waals surface area (Å²) in [7, 11) is 0. The van der Waals surface area contributed by atoms with Crippen LogP contribution in [-0.4, -0.2) is 0 Å². The molecule has 1 aromatic carbocycles. The Morgan fingerprint density at radius 3 is 2.36 bits per heavy atom. The smallest absolute Gasteiger partial charge is 0.0250 e. The van der Waals surface area contributed by atoms with E-state index in [4.69, 9.17) is 0 Å². The Labute approximate surface area is 88.4 Å². The molecule has 0 bridgehead atoms. The Kier molecular flexibility index (Phi) is 4.72. The zero-order valence-corrected chi connectivity index (χ0v) is 9.72. The first-order chi connectivity index (χ1) is 6.77. The minimum atomic E-state index is 0.893. The Bertz CT molecular complexity index is 262. The fraction of sp³-hybridized carbons (Fsp3) is 0.571. The molecule has 0 aliphatic heterocycles. The fourth-order valence-electron chi connectivity index (χ4n) is 1.88. The Balaban J connectivity index is 0.000000293. The molecular formula is C14H22. The van der Waals surface area contributed by atoms with Crippen LogP contribution in [0.25, 0.3) is 0 Å². The average molecular weight is 190 g/mol. The lowest BCUT2D eigenvalue weighted by Crippen LogP contribution is -2.10. The third-order valence-electron chi connectivity index (χ3n) is 2.59. The Morgan fingerprint density at radius 2 is 1.71 bits per heavy atom. The summed E-state index contributed by atoms with van der Waals surface area (Å²) in [5.41, 5.74) is 3.15. The van der Waals surface area contributed by atoms with E-state index < -0.39 is 0 Å². The van der Waals surface area contributed by atoms with Gasteiger partial charge in [-0.15, -0.1) is 0 Å². The van der Waals surface area contributed by atoms with Crippen LogP contribution in [0.5, 0.6) is 0 Å². The van der Waals surface area contributed by atoms with Crippen molar-refractivity contribution in [1.29, 1.82) is 0 Å². The second-order valence-electron chi connectivity index (χ2n) is 4.32. The Morgan fingerprint density at radius 1 is 1.14 bits per heavy atom. The molecule has 0 heterocycles. The molecule has 0 radical (unpaired) electrons. The average Bonchev–Trinajstić information content (AvgIpc) is 2.19. The van der Waals surface area contributed by atoms with Crippen LogP contribution in [0.1, 0.15) is 44.7 Å². The van der Waals surface area contributed by atoms with E-state index in [9.17, 15) is 0 Å². The van der Waals surface area contributed by atoms with Crippen molar-refractivity contribution in [2.24, 2.45) is 5.92 Å². The summed E-state index contributed by atoms with van der Waals surface area (Å²) in [6.45, 7) is 6.59. The molecular weight excluding hydrogens is 168 g/mol. The minimum absolute atomic E-state index is 0.893. The SMILES string of the molecule is CCC.C[C@H]1CCc2ccccc2C1. The number of rotatable bonds is 0. The molecule has 0 saturated carbocycles. The van der Waals surface area contributed by atoms with Crippen LogP contribution in [0, 0.1) is 5.92 Å². The second kappa shape index (κ2) is 5.85. The van der Waals surface area contributed by atoms with Crippen LogP contribution in [0.4, 0.5) is 0 Å². The van der Waals surface area contributed by atoms with Gasteiger partial charge in [0.25, 0.3) is 0 Å². The van der Waals surface area contributed by atoms with E-state index in [1.54, 1.807) is 11.1 Å². The van der Waals surface area contributed by atoms with Gasteiger partial charge in [0.15, 0.2) is 0 Å². The maximum atomic E-state index is 2.34. The van der Waals surface area contributed by atoms with Gasteiger partial charge in [-0.2, -0.15) is 0 Å². The molecule has 0 spiro atoms. The summed E-state index contributed by atoms with van der Waals surface area (Å²) in [4.78, 5) is 0. The first-order valence-corrected chi connectivity index (χ1v) is 5.84. The number of hydrogen-bond acceptors (Lipinski definition) is 0. The largest absolute Gasteiger partial charge is 0.0656 e. The van der Waals surface area contributed by atoms with Crippen molar-refractivity contribution in [3.05, 3.63) is 35.4 Å². The molecule has 1 aliphatic rings. The summed E-state index contributed by atoms with van der Waals surface area (Å²) < 4.78 is 0. The van der Waals surface area contributed by atoms with Crippen LogP contribution in [0.15, 0.2) is 24.3 Å². The molecule has 0 amide bonds. The summed E-state index contributed by atoms with van der Waals surface area (Å²) in [6, 6.07) is 8.83. The summed E-state index contributed by atoms with van der Waals surface area (Å²) in [5, 5.41) is 0. The molecule has 78 valence electrons. The second-order valence-corrected chi connectivity index (χ2v) is 4.32. The van der Waals surface area contributed by atoms with Crippen molar-refractivity contribution < 1.29 is 0 Å². The molecule has 0 heteroatoms. The normalized spacial score (nSPS) is 19.2. The summed E-state index contributed by atoms with van der Waals surface area (Å²) in [5.74, 6) is 0.893. The van der Waals surface area contributed by atoms with Gasteiger partial charge in [0.05, 0.1) is 0 Å². The van der Waals surface area contributed by atoms with Crippen LogP contribution < -0.4 is 0 Å². The third-order valence-corrected chi connectivity index (χ3v) is 2.59. The van der Waals surface area contributed by atoms with Gasteiger partial charge in [-0.1, -0.05) is 51.5 Å². The van der Waals surface area contributed by atoms with E-state index in [0.717, 1.165) is 5.92 Å². The van der Waals surface area contributed by atoms with E-state index in [2.05, 4.69) is 45.0 Å². The number of aryl methyl sites for hydroxylation is 1. The van der Waals surface area contributed by atoms with Crippen LogP contribution in [-0.2, 0) is 12.8 Å². The highest BCUT2D eigenvalue weighted by atomic mass is 14.2. The highest BCUT2D eigenvalue weighted by molar-refractivity contribution is 5.29. The van der Waals surface area contributed by atoms with Crippen molar-refractivity contribution in [3.63, 3.8) is 0 Å². The van der Waals surface area contributed by atoms with E-state index in [-0.39, 0.29) is 0 Å². The lowest BCUT2D eigenvalue weighted by molar-refractivity contribution is 0.501. The number of hydrogen-bond donors (Lipinski definition) is 0. The lowest BCUT2D eigenvalue weighted by Gasteiger charge is -2.20. The first kappa shape index (κ1) is 11.3. The molecule has 0 N–H and O–H groups in total. The maximum absolute atomic E-state index is 2.34. The van der Waals surface area contributed by atoms with Crippen molar-refractivity contribution in [3.8, 4) is 0 Å². The highest BCUT2D eigenvalue weighted by Gasteiger charge is 2.13. The van der Waals surface area contributed by atoms with Crippen molar-refractivity contribution in [2.75, 3.05) is 0 Å². The van der Waals surface area contributed by atoms with Crippen LogP contribution >= 0.6 is 0 Å². The van der Waals surface area contributed by atoms with Gasteiger partial charge >= 0.3 is 0 Å². The standard InChI is InChI=1S/C11H14.C3H8/c1-9-6-7-10-4-2-3-5-11(10)8-9;1-3-2/h2-5,9H,6-8H2,1H3;3H2,1-2H3/t9-;/m0./s1. The van der Waals surface area contributed by atoms with Crippen LogP contribution in [0.2, 0.25) is 0 Å². The monoisotopic (exact) mass is 190 g/mol. The summed E-state index contributed by atoms with van der Waals surface area (Å²) in [6.07, 6.45) is 5.20. The van der Waals surface area contributed by atoms with E-state index >= 15 is 0 Å². The lowest BCUT2D eigenvalue weighted by atomic mass is 9.85. The molecule has 0 fully saturated rings.